The fraction of sp³-hybridized carbons (Fsp3) is 0.613. The molecule has 0 spiro atoms. The number of carbonyl (C=O) groups is 4. The lowest BCUT2D eigenvalue weighted by Crippen LogP contribution is -2.60. The van der Waals surface area contributed by atoms with Crippen LogP contribution in [0.3, 0.4) is 0 Å². The molecule has 0 unspecified atom stereocenters. The van der Waals surface area contributed by atoms with E-state index < -0.39 is 47.7 Å². The van der Waals surface area contributed by atoms with Gasteiger partial charge in [0, 0.05) is 13.6 Å². The summed E-state index contributed by atoms with van der Waals surface area (Å²) in [5.74, 6) is -1.13. The molecule has 5 atom stereocenters. The minimum Gasteiger partial charge on any atom is -0.444 e. The molecule has 1 aromatic carbocycles. The fourth-order valence-electron chi connectivity index (χ4n) is 5.29. The number of likely N-dealkylation sites (tertiary alicyclic amines) is 1. The van der Waals surface area contributed by atoms with Crippen LogP contribution in [0.1, 0.15) is 77.5 Å². The minimum absolute atomic E-state index is 0.0976. The van der Waals surface area contributed by atoms with Crippen molar-refractivity contribution in [3.05, 3.63) is 48.0 Å². The number of aryl methyl sites for hydroxylation is 1. The highest BCUT2D eigenvalue weighted by atomic mass is 16.6. The summed E-state index contributed by atoms with van der Waals surface area (Å²) >= 11 is 0. The molecule has 0 radical (unpaired) electrons. The number of rotatable bonds is 10. The summed E-state index contributed by atoms with van der Waals surface area (Å²) in [6.45, 7) is 12.7. The fourth-order valence-corrected chi connectivity index (χ4v) is 5.29. The summed E-state index contributed by atoms with van der Waals surface area (Å²) in [7, 11) is 1.47. The Morgan fingerprint density at radius 2 is 1.85 bits per heavy atom. The molecule has 0 saturated carbocycles. The Hall–Kier alpha value is -3.40. The van der Waals surface area contributed by atoms with E-state index in [0.29, 0.717) is 19.4 Å². The highest BCUT2D eigenvalue weighted by Crippen LogP contribution is 2.30. The molecule has 226 valence electrons. The van der Waals surface area contributed by atoms with E-state index in [4.69, 9.17) is 9.47 Å². The summed E-state index contributed by atoms with van der Waals surface area (Å²) in [6, 6.07) is 5.40. The molecule has 1 saturated heterocycles. The van der Waals surface area contributed by atoms with Crippen LogP contribution in [0, 0.1) is 0 Å². The Bertz CT molecular complexity index is 1120. The predicted octanol–water partition coefficient (Wildman–Crippen LogP) is 3.50. The highest BCUT2D eigenvalue weighted by Gasteiger charge is 2.41. The van der Waals surface area contributed by atoms with Crippen LogP contribution < -0.4 is 10.6 Å². The van der Waals surface area contributed by atoms with Crippen molar-refractivity contribution in [1.82, 2.24) is 20.4 Å². The lowest BCUT2D eigenvalue weighted by atomic mass is 9.87. The molecule has 2 aliphatic rings. The van der Waals surface area contributed by atoms with Gasteiger partial charge in [-0.05, 0) is 77.8 Å². The van der Waals surface area contributed by atoms with Gasteiger partial charge < -0.3 is 25.0 Å². The zero-order chi connectivity index (χ0) is 30.3. The zero-order valence-electron chi connectivity index (χ0n) is 25.3. The van der Waals surface area contributed by atoms with E-state index in [0.717, 1.165) is 24.8 Å². The van der Waals surface area contributed by atoms with Crippen molar-refractivity contribution in [1.29, 1.82) is 0 Å². The number of nitrogens with one attached hydrogen (secondary N) is 2. The van der Waals surface area contributed by atoms with Crippen molar-refractivity contribution in [3.8, 4) is 0 Å². The van der Waals surface area contributed by atoms with Crippen molar-refractivity contribution in [2.24, 2.45) is 0 Å². The van der Waals surface area contributed by atoms with E-state index >= 15 is 0 Å². The van der Waals surface area contributed by atoms with Gasteiger partial charge in [-0.1, -0.05) is 30.3 Å². The van der Waals surface area contributed by atoms with Gasteiger partial charge in [-0.15, -0.1) is 6.58 Å². The van der Waals surface area contributed by atoms with Crippen molar-refractivity contribution >= 4 is 23.8 Å². The van der Waals surface area contributed by atoms with Crippen LogP contribution in [0.25, 0.3) is 0 Å². The number of likely N-dealkylation sites (N-methyl/N-ethyl adjacent to an activating group) is 1. The first-order valence-electron chi connectivity index (χ1n) is 14.5. The van der Waals surface area contributed by atoms with Gasteiger partial charge in [-0.25, -0.2) is 4.79 Å². The van der Waals surface area contributed by atoms with Gasteiger partial charge in [0.15, 0.2) is 0 Å². The molecule has 1 fully saturated rings. The lowest BCUT2D eigenvalue weighted by Gasteiger charge is -2.34. The van der Waals surface area contributed by atoms with Gasteiger partial charge in [0.2, 0.25) is 17.7 Å². The molecule has 1 aliphatic carbocycles. The van der Waals surface area contributed by atoms with Crippen molar-refractivity contribution < 1.29 is 28.7 Å². The van der Waals surface area contributed by atoms with E-state index in [2.05, 4.69) is 29.3 Å². The number of hydrogen-bond acceptors (Lipinski definition) is 6. The molecule has 0 bridgehead atoms. The minimum atomic E-state index is -1.07. The van der Waals surface area contributed by atoms with E-state index in [1.54, 1.807) is 45.6 Å². The molecular weight excluding hydrogens is 524 g/mol. The van der Waals surface area contributed by atoms with Crippen LogP contribution in [0.15, 0.2) is 36.9 Å². The summed E-state index contributed by atoms with van der Waals surface area (Å²) in [5, 5.41) is 5.97. The third-order valence-electron chi connectivity index (χ3n) is 7.68. The Balaban J connectivity index is 1.74. The second kappa shape index (κ2) is 14.0. The van der Waals surface area contributed by atoms with Crippen molar-refractivity contribution in [3.63, 3.8) is 0 Å². The second-order valence-electron chi connectivity index (χ2n) is 11.9. The molecule has 10 heteroatoms. The van der Waals surface area contributed by atoms with Gasteiger partial charge in [0.25, 0.3) is 0 Å². The van der Waals surface area contributed by atoms with Crippen LogP contribution in [0.2, 0.25) is 0 Å². The SMILES string of the molecule is C=CCO[C@H](C)[C@H](NC(=O)[C@H](C)N(C)C(=O)OC(C)(C)C)C(=O)N1CCC[C@H]1C(=O)N[C@@H]1CCCc2ccccc21. The molecule has 1 heterocycles. The number of hydrogen-bond donors (Lipinski definition) is 2. The standard InChI is InChI=1S/C31H46N4O6/c1-8-19-40-21(3)26(33-27(36)20(2)34(7)30(39)41-31(4,5)6)29(38)35-18-12-17-25(35)28(37)32-24-16-11-14-22-13-9-10-15-23(22)24/h8-10,13,15,20-21,24-26H,1,11-12,14,16-19H2,2-7H3,(H,32,37)(H,33,36)/t20-,21+,24+,25-,26-/m0/s1. The first-order chi connectivity index (χ1) is 19.3. The Labute approximate surface area is 243 Å². The van der Waals surface area contributed by atoms with Crippen LogP contribution in [-0.4, -0.2) is 83.6 Å². The second-order valence-corrected chi connectivity index (χ2v) is 11.9. The third-order valence-corrected chi connectivity index (χ3v) is 7.68. The average Bonchev–Trinajstić information content (AvgIpc) is 3.43. The van der Waals surface area contributed by atoms with Crippen molar-refractivity contribution in [2.45, 2.75) is 103 Å². The molecule has 10 nitrogen and oxygen atoms in total. The number of amides is 4. The normalized spacial score (nSPS) is 20.7. The van der Waals surface area contributed by atoms with E-state index in [1.807, 2.05) is 12.1 Å². The Morgan fingerprint density at radius 1 is 1.15 bits per heavy atom. The lowest BCUT2D eigenvalue weighted by molar-refractivity contribution is -0.145. The van der Waals surface area contributed by atoms with Crippen molar-refractivity contribution in [2.75, 3.05) is 20.2 Å². The Morgan fingerprint density at radius 3 is 2.54 bits per heavy atom. The number of nitrogens with zero attached hydrogens (tertiary/aromatic N) is 2. The average molecular weight is 571 g/mol. The molecule has 41 heavy (non-hydrogen) atoms. The molecule has 3 rings (SSSR count). The van der Waals surface area contributed by atoms with Crippen LogP contribution in [0.4, 0.5) is 4.79 Å². The molecule has 4 amide bonds. The Kier molecular flexibility index (Phi) is 11.0. The highest BCUT2D eigenvalue weighted by molar-refractivity contribution is 5.94. The summed E-state index contributed by atoms with van der Waals surface area (Å²) in [4.78, 5) is 56.0. The van der Waals surface area contributed by atoms with Gasteiger partial charge in [-0.2, -0.15) is 0 Å². The maximum Gasteiger partial charge on any atom is 0.410 e. The largest absolute Gasteiger partial charge is 0.444 e. The molecule has 0 aromatic heterocycles. The number of ether oxygens (including phenoxy) is 2. The van der Waals surface area contributed by atoms with E-state index in [9.17, 15) is 19.2 Å². The molecule has 1 aromatic rings. The van der Waals surface area contributed by atoms with Gasteiger partial charge >= 0.3 is 6.09 Å². The number of fused-ring (bicyclic) bond motifs is 1. The number of benzene rings is 1. The monoisotopic (exact) mass is 570 g/mol. The summed E-state index contributed by atoms with van der Waals surface area (Å²) in [5.41, 5.74) is 1.64. The predicted molar refractivity (Wildman–Crippen MR) is 156 cm³/mol. The number of carbonyl (C=O) groups excluding carboxylic acids is 4. The first kappa shape index (κ1) is 32.1. The zero-order valence-corrected chi connectivity index (χ0v) is 25.3. The third kappa shape index (κ3) is 8.31. The van der Waals surface area contributed by atoms with Gasteiger partial charge in [0.05, 0.1) is 18.8 Å². The summed E-state index contributed by atoms with van der Waals surface area (Å²) < 4.78 is 11.1. The molecule has 1 aliphatic heterocycles. The van der Waals surface area contributed by atoms with E-state index in [1.165, 1.54) is 17.5 Å². The van der Waals surface area contributed by atoms with Crippen LogP contribution in [0.5, 0.6) is 0 Å². The summed E-state index contributed by atoms with van der Waals surface area (Å²) in [6.07, 6.45) is 4.22. The first-order valence-corrected chi connectivity index (χ1v) is 14.5. The van der Waals surface area contributed by atoms with Crippen LogP contribution in [-0.2, 0) is 30.3 Å². The van der Waals surface area contributed by atoms with Gasteiger partial charge in [-0.3, -0.25) is 19.3 Å². The van der Waals surface area contributed by atoms with Crippen LogP contribution >= 0.6 is 0 Å². The molecule has 2 N–H and O–H groups in total. The maximum absolute atomic E-state index is 13.9. The van der Waals surface area contributed by atoms with E-state index in [-0.39, 0.29) is 18.6 Å². The topological polar surface area (TPSA) is 117 Å². The quantitative estimate of drug-likeness (QED) is 0.416. The smallest absolute Gasteiger partial charge is 0.410 e. The molecular formula is C31H46N4O6. The van der Waals surface area contributed by atoms with Gasteiger partial charge in [0.1, 0.15) is 23.7 Å². The maximum atomic E-state index is 13.9.